The molecule has 1 saturated heterocycles. The second-order valence-corrected chi connectivity index (χ2v) is 6.53. The van der Waals surface area contributed by atoms with Crippen LogP contribution in [0.2, 0.25) is 0 Å². The number of urea groups is 1. The number of carbonyl (C=O) groups is 3. The quantitative estimate of drug-likeness (QED) is 0.731. The molecule has 1 fully saturated rings. The highest BCUT2D eigenvalue weighted by Gasteiger charge is 2.39. The second kappa shape index (κ2) is 8.64. The largest absolute Gasteiger partial charge is 0.495 e. The van der Waals surface area contributed by atoms with E-state index in [4.69, 9.17) is 9.47 Å². The fourth-order valence-electron chi connectivity index (χ4n) is 3.06. The Balaban J connectivity index is 1.80. The molecule has 1 aliphatic rings. The van der Waals surface area contributed by atoms with Crippen LogP contribution in [0.25, 0.3) is 0 Å². The maximum Gasteiger partial charge on any atom is 0.328 e. The number of hydrogen-bond donors (Lipinski definition) is 2. The molecule has 0 bridgehead atoms. The fraction of sp³-hybridized carbons (Fsp3) is 0.286. The summed E-state index contributed by atoms with van der Waals surface area (Å²) in [6.07, 6.45) is 0. The molecule has 4 amide bonds. The number of nitrogens with zero attached hydrogens (tertiary/aromatic N) is 1. The molecular formula is C21H23N3O5. The molecular weight excluding hydrogens is 374 g/mol. The zero-order valence-corrected chi connectivity index (χ0v) is 16.5. The van der Waals surface area contributed by atoms with Crippen LogP contribution in [-0.2, 0) is 9.59 Å². The topological polar surface area (TPSA) is 97.0 Å². The van der Waals surface area contributed by atoms with E-state index in [0.29, 0.717) is 29.5 Å². The summed E-state index contributed by atoms with van der Waals surface area (Å²) >= 11 is 0. The van der Waals surface area contributed by atoms with Crippen molar-refractivity contribution >= 4 is 29.2 Å². The average molecular weight is 397 g/mol. The average Bonchev–Trinajstić information content (AvgIpc) is 2.69. The zero-order valence-electron chi connectivity index (χ0n) is 16.5. The van der Waals surface area contributed by atoms with E-state index in [-0.39, 0.29) is 6.54 Å². The minimum absolute atomic E-state index is 0.0782. The number of carbonyl (C=O) groups excluding carboxylic acids is 3. The van der Waals surface area contributed by atoms with Gasteiger partial charge in [-0.3, -0.25) is 9.59 Å². The monoisotopic (exact) mass is 397 g/mol. The van der Waals surface area contributed by atoms with Crippen molar-refractivity contribution in [3.8, 4) is 11.5 Å². The predicted molar refractivity (Wildman–Crippen MR) is 108 cm³/mol. The van der Waals surface area contributed by atoms with Gasteiger partial charge in [0.25, 0.3) is 0 Å². The summed E-state index contributed by atoms with van der Waals surface area (Å²) in [5, 5.41) is 5.33. The Hall–Kier alpha value is -3.55. The molecule has 8 nitrogen and oxygen atoms in total. The number of ether oxygens (including phenoxy) is 2. The van der Waals surface area contributed by atoms with E-state index >= 15 is 0 Å². The summed E-state index contributed by atoms with van der Waals surface area (Å²) in [6.45, 7) is 4.18. The van der Waals surface area contributed by atoms with Crippen LogP contribution in [-0.4, -0.2) is 38.1 Å². The van der Waals surface area contributed by atoms with E-state index in [1.807, 2.05) is 19.9 Å². The molecule has 8 heteroatoms. The zero-order chi connectivity index (χ0) is 21.0. The highest BCUT2D eigenvalue weighted by Crippen LogP contribution is 2.27. The van der Waals surface area contributed by atoms with Crippen LogP contribution >= 0.6 is 0 Å². The van der Waals surface area contributed by atoms with Crippen LogP contribution < -0.4 is 25.0 Å². The number of nitrogens with one attached hydrogen (secondary N) is 2. The molecule has 3 rings (SSSR count). The van der Waals surface area contributed by atoms with E-state index in [1.165, 1.54) is 7.11 Å². The minimum Gasteiger partial charge on any atom is -0.495 e. The maximum atomic E-state index is 12.9. The molecule has 0 radical (unpaired) electrons. The molecule has 1 unspecified atom stereocenters. The molecule has 152 valence electrons. The third kappa shape index (κ3) is 4.31. The minimum atomic E-state index is -1.07. The number of aryl methyl sites for hydroxylation is 1. The van der Waals surface area contributed by atoms with Gasteiger partial charge in [0.1, 0.15) is 17.4 Å². The summed E-state index contributed by atoms with van der Waals surface area (Å²) < 4.78 is 10.6. The number of anilines is 2. The summed E-state index contributed by atoms with van der Waals surface area (Å²) in [7, 11) is 1.50. The smallest absolute Gasteiger partial charge is 0.328 e. The van der Waals surface area contributed by atoms with Gasteiger partial charge in [0.2, 0.25) is 11.8 Å². The van der Waals surface area contributed by atoms with Crippen molar-refractivity contribution in [1.29, 1.82) is 0 Å². The molecule has 0 aliphatic carbocycles. The number of amides is 4. The van der Waals surface area contributed by atoms with Gasteiger partial charge < -0.3 is 20.1 Å². The Bertz CT molecular complexity index is 926. The van der Waals surface area contributed by atoms with Gasteiger partial charge in [-0.25, -0.2) is 9.69 Å². The molecule has 1 heterocycles. The Morgan fingerprint density at radius 3 is 2.59 bits per heavy atom. The van der Waals surface area contributed by atoms with Gasteiger partial charge in [-0.2, -0.15) is 0 Å². The molecule has 2 aromatic carbocycles. The Kier molecular flexibility index (Phi) is 6.01. The lowest BCUT2D eigenvalue weighted by Gasteiger charge is -2.30. The second-order valence-electron chi connectivity index (χ2n) is 6.53. The first-order valence-corrected chi connectivity index (χ1v) is 9.24. The highest BCUT2D eigenvalue weighted by molar-refractivity contribution is 6.23. The fourth-order valence-corrected chi connectivity index (χ4v) is 3.06. The first-order chi connectivity index (χ1) is 13.9. The molecule has 2 N–H and O–H groups in total. The third-order valence-electron chi connectivity index (χ3n) is 4.51. The lowest BCUT2D eigenvalue weighted by atomic mass is 10.0. The SMILES string of the molecule is CCOc1ccc(N2C(=O)NCC(C(=O)Nc3cc(C)ccc3OC)C2=O)cc1. The molecule has 0 spiro atoms. The van der Waals surface area contributed by atoms with Crippen LogP contribution in [0.4, 0.5) is 16.2 Å². The summed E-state index contributed by atoms with van der Waals surface area (Å²) in [4.78, 5) is 39.0. The van der Waals surface area contributed by atoms with E-state index in [2.05, 4.69) is 10.6 Å². The Labute approximate surface area is 168 Å². The first kappa shape index (κ1) is 20.2. The normalized spacial score (nSPS) is 16.2. The number of methoxy groups -OCH3 is 1. The van der Waals surface area contributed by atoms with Gasteiger partial charge in [-0.05, 0) is 55.8 Å². The molecule has 29 heavy (non-hydrogen) atoms. The first-order valence-electron chi connectivity index (χ1n) is 9.24. The van der Waals surface area contributed by atoms with Crippen LogP contribution in [0.5, 0.6) is 11.5 Å². The molecule has 1 aliphatic heterocycles. The van der Waals surface area contributed by atoms with Crippen molar-refractivity contribution in [2.45, 2.75) is 13.8 Å². The van der Waals surface area contributed by atoms with Gasteiger partial charge in [-0.1, -0.05) is 6.07 Å². The molecule has 1 atom stereocenters. The Morgan fingerprint density at radius 2 is 1.93 bits per heavy atom. The predicted octanol–water partition coefficient (Wildman–Crippen LogP) is 2.71. The van der Waals surface area contributed by atoms with Crippen molar-refractivity contribution in [3.05, 3.63) is 48.0 Å². The van der Waals surface area contributed by atoms with Crippen LogP contribution in [0, 0.1) is 12.8 Å². The summed E-state index contributed by atoms with van der Waals surface area (Å²) in [6, 6.07) is 11.3. The molecule has 2 aromatic rings. The van der Waals surface area contributed by atoms with Crippen molar-refractivity contribution < 1.29 is 23.9 Å². The maximum absolute atomic E-state index is 12.9. The molecule has 0 aromatic heterocycles. The van der Waals surface area contributed by atoms with Crippen molar-refractivity contribution in [2.75, 3.05) is 30.5 Å². The van der Waals surface area contributed by atoms with Crippen molar-refractivity contribution in [3.63, 3.8) is 0 Å². The van der Waals surface area contributed by atoms with Gasteiger partial charge in [0.05, 0.1) is 25.1 Å². The number of imide groups is 1. The van der Waals surface area contributed by atoms with Gasteiger partial charge in [-0.15, -0.1) is 0 Å². The van der Waals surface area contributed by atoms with Crippen LogP contribution in [0.15, 0.2) is 42.5 Å². The molecule has 0 saturated carbocycles. The lowest BCUT2D eigenvalue weighted by molar-refractivity contribution is -0.130. The number of rotatable bonds is 6. The van der Waals surface area contributed by atoms with Gasteiger partial charge >= 0.3 is 6.03 Å². The van der Waals surface area contributed by atoms with E-state index < -0.39 is 23.8 Å². The van der Waals surface area contributed by atoms with Crippen molar-refractivity contribution in [2.24, 2.45) is 5.92 Å². The third-order valence-corrected chi connectivity index (χ3v) is 4.51. The van der Waals surface area contributed by atoms with Crippen LogP contribution in [0.3, 0.4) is 0 Å². The number of hydrogen-bond acceptors (Lipinski definition) is 5. The highest BCUT2D eigenvalue weighted by atomic mass is 16.5. The van der Waals surface area contributed by atoms with E-state index in [0.717, 1.165) is 10.5 Å². The van der Waals surface area contributed by atoms with Gasteiger partial charge in [0.15, 0.2) is 0 Å². The summed E-state index contributed by atoms with van der Waals surface area (Å²) in [5.41, 5.74) is 1.76. The number of benzene rings is 2. The van der Waals surface area contributed by atoms with Gasteiger partial charge in [0, 0.05) is 6.54 Å². The van der Waals surface area contributed by atoms with E-state index in [1.54, 1.807) is 36.4 Å². The Morgan fingerprint density at radius 1 is 1.21 bits per heavy atom. The summed E-state index contributed by atoms with van der Waals surface area (Å²) in [5.74, 6) is -1.07. The standard InChI is InChI=1S/C21H23N3O5/c1-4-29-15-8-6-14(7-9-15)24-20(26)16(12-22-21(24)27)19(25)23-17-11-13(2)5-10-18(17)28-3/h5-11,16H,4,12H2,1-3H3,(H,22,27)(H,23,25). The van der Waals surface area contributed by atoms with Crippen molar-refractivity contribution in [1.82, 2.24) is 5.32 Å². The van der Waals surface area contributed by atoms with Crippen LogP contribution in [0.1, 0.15) is 12.5 Å². The van der Waals surface area contributed by atoms with E-state index in [9.17, 15) is 14.4 Å². The lowest BCUT2D eigenvalue weighted by Crippen LogP contribution is -2.58.